The molecule has 2 rings (SSSR count). The van der Waals surface area contributed by atoms with Crippen molar-refractivity contribution in [2.45, 2.75) is 39.2 Å². The Morgan fingerprint density at radius 3 is 3.00 bits per heavy atom. The molecule has 19 heavy (non-hydrogen) atoms. The average molecular weight is 262 g/mol. The molecule has 1 fully saturated rings. The Labute approximate surface area is 114 Å². The van der Waals surface area contributed by atoms with Crippen LogP contribution in [0.4, 0.5) is 0 Å². The zero-order valence-electron chi connectivity index (χ0n) is 11.9. The first-order valence-corrected chi connectivity index (χ1v) is 6.95. The molecule has 1 aliphatic rings. The number of carbonyl (C=O) groups is 1. The number of aryl methyl sites for hydroxylation is 2. The molecule has 5 nitrogen and oxygen atoms in total. The van der Waals surface area contributed by atoms with E-state index in [1.807, 2.05) is 31.9 Å². The zero-order valence-corrected chi connectivity index (χ0v) is 11.9. The van der Waals surface area contributed by atoms with E-state index < -0.39 is 0 Å². The van der Waals surface area contributed by atoms with Gasteiger partial charge in [0.2, 0.25) is 0 Å². The van der Waals surface area contributed by atoms with Crippen LogP contribution in [-0.4, -0.2) is 47.2 Å². The predicted molar refractivity (Wildman–Crippen MR) is 74.1 cm³/mol. The Kier molecular flexibility index (Phi) is 4.47. The van der Waals surface area contributed by atoms with E-state index in [0.717, 1.165) is 43.7 Å². The van der Waals surface area contributed by atoms with Crippen LogP contribution < -0.4 is 5.32 Å². The highest BCUT2D eigenvalue weighted by Crippen LogP contribution is 2.16. The molecule has 1 aromatic heterocycles. The highest BCUT2D eigenvalue weighted by Gasteiger charge is 2.25. The second kappa shape index (κ2) is 6.10. The van der Waals surface area contributed by atoms with Crippen molar-refractivity contribution in [3.05, 3.63) is 23.0 Å². The van der Waals surface area contributed by atoms with Gasteiger partial charge in [-0.3, -0.25) is 4.79 Å². The maximum absolute atomic E-state index is 12.6. The molecule has 0 spiro atoms. The third kappa shape index (κ3) is 3.10. The lowest BCUT2D eigenvalue weighted by atomic mass is 10.0. The van der Waals surface area contributed by atoms with Crippen LogP contribution in [0.3, 0.4) is 0 Å². The fourth-order valence-corrected chi connectivity index (χ4v) is 2.53. The molecule has 1 unspecified atom stereocenters. The maximum Gasteiger partial charge on any atom is 0.255 e. The van der Waals surface area contributed by atoms with Crippen LogP contribution in [0, 0.1) is 6.92 Å². The van der Waals surface area contributed by atoms with Gasteiger partial charge in [-0.1, -0.05) is 6.92 Å². The number of amides is 1. The number of aromatic nitrogens is 2. The number of hydrogen-bond acceptors (Lipinski definition) is 4. The van der Waals surface area contributed by atoms with Gasteiger partial charge in [0, 0.05) is 19.1 Å². The van der Waals surface area contributed by atoms with Crippen molar-refractivity contribution in [3.8, 4) is 0 Å². The van der Waals surface area contributed by atoms with Crippen molar-refractivity contribution in [2.75, 3.05) is 20.1 Å². The monoisotopic (exact) mass is 262 g/mol. The molecule has 0 bridgehead atoms. The molecule has 2 heterocycles. The number of nitrogens with one attached hydrogen (secondary N) is 1. The van der Waals surface area contributed by atoms with Crippen molar-refractivity contribution in [1.82, 2.24) is 20.4 Å². The lowest BCUT2D eigenvalue weighted by Crippen LogP contribution is -2.47. The molecule has 1 saturated heterocycles. The van der Waals surface area contributed by atoms with Gasteiger partial charge >= 0.3 is 0 Å². The Balaban J connectivity index is 2.21. The first-order chi connectivity index (χ1) is 9.15. The van der Waals surface area contributed by atoms with Crippen molar-refractivity contribution in [2.24, 2.45) is 0 Å². The summed E-state index contributed by atoms with van der Waals surface area (Å²) in [6.07, 6.45) is 2.92. The van der Waals surface area contributed by atoms with Gasteiger partial charge in [0.25, 0.3) is 5.91 Å². The fourth-order valence-electron chi connectivity index (χ4n) is 2.53. The van der Waals surface area contributed by atoms with Gasteiger partial charge in [-0.15, -0.1) is 0 Å². The maximum atomic E-state index is 12.6. The Morgan fingerprint density at radius 1 is 1.53 bits per heavy atom. The van der Waals surface area contributed by atoms with E-state index >= 15 is 0 Å². The Hall–Kier alpha value is -1.49. The molecule has 1 amide bonds. The van der Waals surface area contributed by atoms with Crippen LogP contribution in [0.1, 0.15) is 41.5 Å². The topological polar surface area (TPSA) is 58.1 Å². The summed E-state index contributed by atoms with van der Waals surface area (Å²) in [5, 5.41) is 11.4. The zero-order chi connectivity index (χ0) is 13.8. The molecule has 1 atom stereocenters. The molecule has 1 aliphatic heterocycles. The predicted octanol–water partition coefficient (Wildman–Crippen LogP) is 1.17. The van der Waals surface area contributed by atoms with Gasteiger partial charge in [-0.05, 0) is 39.3 Å². The van der Waals surface area contributed by atoms with Crippen molar-refractivity contribution in [1.29, 1.82) is 0 Å². The molecular weight excluding hydrogens is 240 g/mol. The van der Waals surface area contributed by atoms with Crippen molar-refractivity contribution in [3.63, 3.8) is 0 Å². The summed E-state index contributed by atoms with van der Waals surface area (Å²) in [5.41, 5.74) is 2.30. The summed E-state index contributed by atoms with van der Waals surface area (Å²) < 4.78 is 0. The number of piperidine rings is 1. The Bertz CT molecular complexity index is 461. The van der Waals surface area contributed by atoms with Gasteiger partial charge in [0.1, 0.15) is 0 Å². The van der Waals surface area contributed by atoms with E-state index in [2.05, 4.69) is 15.5 Å². The van der Waals surface area contributed by atoms with Crippen LogP contribution in [-0.2, 0) is 6.42 Å². The van der Waals surface area contributed by atoms with Crippen LogP contribution in [0.5, 0.6) is 0 Å². The van der Waals surface area contributed by atoms with E-state index in [1.165, 1.54) is 0 Å². The number of hydrogen-bond donors (Lipinski definition) is 1. The minimum atomic E-state index is 0.0924. The normalized spacial score (nSPS) is 19.5. The van der Waals surface area contributed by atoms with Crippen LogP contribution >= 0.6 is 0 Å². The summed E-state index contributed by atoms with van der Waals surface area (Å²) in [6.45, 7) is 5.49. The van der Waals surface area contributed by atoms with Crippen LogP contribution in [0.25, 0.3) is 0 Å². The smallest absolute Gasteiger partial charge is 0.255 e. The largest absolute Gasteiger partial charge is 0.337 e. The van der Waals surface area contributed by atoms with Crippen molar-refractivity contribution < 1.29 is 4.79 Å². The van der Waals surface area contributed by atoms with E-state index in [9.17, 15) is 4.79 Å². The SMILES string of the molecule is CCc1nnc(C)cc1C(=O)N1CCCC(NC)C1. The highest BCUT2D eigenvalue weighted by atomic mass is 16.2. The first kappa shape index (κ1) is 13.9. The second-order valence-electron chi connectivity index (χ2n) is 5.08. The van der Waals surface area contributed by atoms with E-state index in [1.54, 1.807) is 0 Å². The minimum Gasteiger partial charge on any atom is -0.337 e. The molecule has 104 valence electrons. The third-order valence-corrected chi connectivity index (χ3v) is 3.67. The Morgan fingerprint density at radius 2 is 2.32 bits per heavy atom. The van der Waals surface area contributed by atoms with E-state index in [4.69, 9.17) is 0 Å². The number of nitrogens with zero attached hydrogens (tertiary/aromatic N) is 3. The summed E-state index contributed by atoms with van der Waals surface area (Å²) >= 11 is 0. The van der Waals surface area contributed by atoms with Gasteiger partial charge in [-0.2, -0.15) is 10.2 Å². The van der Waals surface area contributed by atoms with Gasteiger partial charge < -0.3 is 10.2 Å². The first-order valence-electron chi connectivity index (χ1n) is 6.95. The molecule has 0 aromatic carbocycles. The lowest BCUT2D eigenvalue weighted by Gasteiger charge is -2.32. The quantitative estimate of drug-likeness (QED) is 0.888. The van der Waals surface area contributed by atoms with Gasteiger partial charge in [0.05, 0.1) is 17.0 Å². The molecule has 1 aromatic rings. The van der Waals surface area contributed by atoms with Gasteiger partial charge in [0.15, 0.2) is 0 Å². The van der Waals surface area contributed by atoms with Crippen LogP contribution in [0.2, 0.25) is 0 Å². The minimum absolute atomic E-state index is 0.0924. The molecule has 0 radical (unpaired) electrons. The number of likely N-dealkylation sites (tertiary alicyclic amines) is 1. The molecular formula is C14H22N4O. The summed E-state index contributed by atoms with van der Waals surface area (Å²) in [4.78, 5) is 14.6. The molecule has 1 N–H and O–H groups in total. The molecule has 0 saturated carbocycles. The summed E-state index contributed by atoms with van der Waals surface area (Å²) in [6, 6.07) is 2.26. The van der Waals surface area contributed by atoms with E-state index in [0.29, 0.717) is 11.6 Å². The average Bonchev–Trinajstić information content (AvgIpc) is 2.46. The molecule has 5 heteroatoms. The van der Waals surface area contributed by atoms with E-state index in [-0.39, 0.29) is 5.91 Å². The number of carbonyl (C=O) groups excluding carboxylic acids is 1. The van der Waals surface area contributed by atoms with Crippen molar-refractivity contribution >= 4 is 5.91 Å². The highest BCUT2D eigenvalue weighted by molar-refractivity contribution is 5.95. The summed E-state index contributed by atoms with van der Waals surface area (Å²) in [7, 11) is 1.95. The van der Waals surface area contributed by atoms with Gasteiger partial charge in [-0.25, -0.2) is 0 Å². The summed E-state index contributed by atoms with van der Waals surface area (Å²) in [5.74, 6) is 0.0924. The standard InChI is InChI=1S/C14H22N4O/c1-4-13-12(8-10(2)16-17-13)14(19)18-7-5-6-11(9-18)15-3/h8,11,15H,4-7,9H2,1-3H3. The third-order valence-electron chi connectivity index (χ3n) is 3.67. The number of rotatable bonds is 3. The van der Waals surface area contributed by atoms with Crippen LogP contribution in [0.15, 0.2) is 6.07 Å². The lowest BCUT2D eigenvalue weighted by molar-refractivity contribution is 0.0696. The molecule has 0 aliphatic carbocycles. The second-order valence-corrected chi connectivity index (χ2v) is 5.08. The fraction of sp³-hybridized carbons (Fsp3) is 0.643. The number of likely N-dealkylation sites (N-methyl/N-ethyl adjacent to an activating group) is 1.